The van der Waals surface area contributed by atoms with Crippen LogP contribution in [0.15, 0.2) is 20.6 Å². The first kappa shape index (κ1) is 12.8. The highest BCUT2D eigenvalue weighted by atomic mass is 79.9. The highest BCUT2D eigenvalue weighted by Gasteiger charge is 2.14. The molecule has 0 fully saturated rings. The van der Waals surface area contributed by atoms with Gasteiger partial charge < -0.3 is 0 Å². The zero-order valence-corrected chi connectivity index (χ0v) is 10.7. The maximum atomic E-state index is 13.6. The van der Waals surface area contributed by atoms with Crippen LogP contribution in [0.1, 0.15) is 5.56 Å². The lowest BCUT2D eigenvalue weighted by molar-refractivity contribution is 0.568. The van der Waals surface area contributed by atoms with E-state index in [1.807, 2.05) is 0 Å². The summed E-state index contributed by atoms with van der Waals surface area (Å²) in [6.45, 7) is 0. The number of allylic oxidation sites excluding steroid dienone is 1. The molecule has 0 unspecified atom stereocenters. The molecule has 6 heteroatoms. The SMILES string of the molecule is N#CC(C#N)=Cc1c(Br)cc(F)c(Br)c1F. The summed E-state index contributed by atoms with van der Waals surface area (Å²) in [5.41, 5.74) is -0.315. The van der Waals surface area contributed by atoms with Crippen LogP contribution in [-0.2, 0) is 0 Å². The smallest absolute Gasteiger partial charge is 0.148 e. The molecule has 0 aliphatic heterocycles. The zero-order chi connectivity index (χ0) is 12.3. The second kappa shape index (κ2) is 5.20. The summed E-state index contributed by atoms with van der Waals surface area (Å²) in [5.74, 6) is -1.63. The molecule has 0 bridgehead atoms. The fourth-order valence-electron chi connectivity index (χ4n) is 0.946. The van der Waals surface area contributed by atoms with Crippen molar-refractivity contribution >= 4 is 37.9 Å². The van der Waals surface area contributed by atoms with Gasteiger partial charge in [0.25, 0.3) is 0 Å². The lowest BCUT2D eigenvalue weighted by atomic mass is 10.1. The predicted molar refractivity (Wildman–Crippen MR) is 61.0 cm³/mol. The largest absolute Gasteiger partial charge is 0.206 e. The Labute approximate surface area is 107 Å². The van der Waals surface area contributed by atoms with Crippen LogP contribution in [-0.4, -0.2) is 0 Å². The van der Waals surface area contributed by atoms with E-state index in [0.717, 1.165) is 12.1 Å². The van der Waals surface area contributed by atoms with Gasteiger partial charge in [0, 0.05) is 10.0 Å². The summed E-state index contributed by atoms with van der Waals surface area (Å²) in [4.78, 5) is 0. The number of nitrogens with zero attached hydrogens (tertiary/aromatic N) is 2. The predicted octanol–water partition coefficient (Wildman–Crippen LogP) is 3.92. The van der Waals surface area contributed by atoms with E-state index >= 15 is 0 Å². The van der Waals surface area contributed by atoms with Crippen molar-refractivity contribution in [3.8, 4) is 12.1 Å². The Morgan fingerprint density at radius 1 is 1.25 bits per heavy atom. The van der Waals surface area contributed by atoms with Gasteiger partial charge in [0.05, 0.1) is 4.47 Å². The van der Waals surface area contributed by atoms with E-state index in [9.17, 15) is 8.78 Å². The molecule has 0 heterocycles. The zero-order valence-electron chi connectivity index (χ0n) is 7.56. The highest BCUT2D eigenvalue weighted by molar-refractivity contribution is 9.11. The van der Waals surface area contributed by atoms with Gasteiger partial charge in [-0.15, -0.1) is 0 Å². The average molecular weight is 348 g/mol. The highest BCUT2D eigenvalue weighted by Crippen LogP contribution is 2.30. The second-order valence-corrected chi connectivity index (χ2v) is 4.31. The van der Waals surface area contributed by atoms with Gasteiger partial charge in [0.2, 0.25) is 0 Å². The maximum Gasteiger partial charge on any atom is 0.148 e. The molecule has 16 heavy (non-hydrogen) atoms. The molecule has 2 nitrogen and oxygen atoms in total. The van der Waals surface area contributed by atoms with Gasteiger partial charge in [-0.05, 0) is 44.0 Å². The third kappa shape index (κ3) is 2.46. The monoisotopic (exact) mass is 346 g/mol. The van der Waals surface area contributed by atoms with Crippen LogP contribution >= 0.6 is 31.9 Å². The van der Waals surface area contributed by atoms with E-state index in [1.165, 1.54) is 0 Å². The fourth-order valence-corrected chi connectivity index (χ4v) is 1.76. The molecule has 0 saturated carbocycles. The number of hydrogen-bond acceptors (Lipinski definition) is 2. The van der Waals surface area contributed by atoms with E-state index in [2.05, 4.69) is 31.9 Å². The summed E-state index contributed by atoms with van der Waals surface area (Å²) >= 11 is 5.69. The normalized spacial score (nSPS) is 9.12. The van der Waals surface area contributed by atoms with E-state index in [0.29, 0.717) is 0 Å². The summed E-state index contributed by atoms with van der Waals surface area (Å²) in [5, 5.41) is 17.1. The van der Waals surface area contributed by atoms with Gasteiger partial charge in [-0.2, -0.15) is 10.5 Å². The van der Waals surface area contributed by atoms with Crippen LogP contribution in [0, 0.1) is 34.3 Å². The molecule has 0 spiro atoms. The minimum atomic E-state index is -0.866. The minimum Gasteiger partial charge on any atom is -0.206 e. The average Bonchev–Trinajstić information content (AvgIpc) is 2.27. The maximum absolute atomic E-state index is 13.6. The Kier molecular flexibility index (Phi) is 4.17. The summed E-state index contributed by atoms with van der Waals surface area (Å²) in [6.07, 6.45) is 1.05. The van der Waals surface area contributed by atoms with Gasteiger partial charge in [0.1, 0.15) is 29.3 Å². The first-order valence-corrected chi connectivity index (χ1v) is 5.44. The number of rotatable bonds is 1. The van der Waals surface area contributed by atoms with Crippen LogP contribution in [0.3, 0.4) is 0 Å². The number of nitriles is 2. The summed E-state index contributed by atoms with van der Waals surface area (Å²) in [6, 6.07) is 4.23. The van der Waals surface area contributed by atoms with E-state index in [4.69, 9.17) is 10.5 Å². The Bertz CT molecular complexity index is 537. The molecule has 0 N–H and O–H groups in total. The van der Waals surface area contributed by atoms with E-state index < -0.39 is 11.6 Å². The molecule has 0 radical (unpaired) electrons. The quantitative estimate of drug-likeness (QED) is 0.439. The molecule has 1 aromatic carbocycles. The van der Waals surface area contributed by atoms with E-state index in [1.54, 1.807) is 12.1 Å². The Morgan fingerprint density at radius 3 is 2.31 bits per heavy atom. The molecule has 0 aliphatic carbocycles. The van der Waals surface area contributed by atoms with Gasteiger partial charge in [-0.1, -0.05) is 0 Å². The fraction of sp³-hybridized carbons (Fsp3) is 0. The molecule has 0 saturated heterocycles. The molecule has 0 atom stereocenters. The third-order valence-electron chi connectivity index (χ3n) is 1.68. The van der Waals surface area contributed by atoms with Crippen molar-refractivity contribution in [1.82, 2.24) is 0 Å². The van der Waals surface area contributed by atoms with Crippen molar-refractivity contribution in [2.24, 2.45) is 0 Å². The van der Waals surface area contributed by atoms with Crippen LogP contribution < -0.4 is 0 Å². The van der Waals surface area contributed by atoms with Crippen molar-refractivity contribution < 1.29 is 8.78 Å². The van der Waals surface area contributed by atoms with Crippen molar-refractivity contribution in [3.05, 3.63) is 37.8 Å². The summed E-state index contributed by atoms with van der Waals surface area (Å²) in [7, 11) is 0. The van der Waals surface area contributed by atoms with Crippen LogP contribution in [0.4, 0.5) is 8.78 Å². The van der Waals surface area contributed by atoms with Crippen LogP contribution in [0.25, 0.3) is 6.08 Å². The topological polar surface area (TPSA) is 47.6 Å². The second-order valence-electron chi connectivity index (χ2n) is 2.66. The van der Waals surface area contributed by atoms with Crippen molar-refractivity contribution in [2.75, 3.05) is 0 Å². The van der Waals surface area contributed by atoms with Gasteiger partial charge >= 0.3 is 0 Å². The van der Waals surface area contributed by atoms with Crippen molar-refractivity contribution in [1.29, 1.82) is 10.5 Å². The van der Waals surface area contributed by atoms with Crippen LogP contribution in [0.2, 0.25) is 0 Å². The van der Waals surface area contributed by atoms with Gasteiger partial charge in [-0.25, -0.2) is 8.78 Å². The molecule has 0 amide bonds. The van der Waals surface area contributed by atoms with E-state index in [-0.39, 0.29) is 20.1 Å². The molecular formula is C10H2Br2F2N2. The third-order valence-corrected chi connectivity index (χ3v) is 3.06. The van der Waals surface area contributed by atoms with Crippen molar-refractivity contribution in [2.45, 2.75) is 0 Å². The lowest BCUT2D eigenvalue weighted by Crippen LogP contribution is -1.91. The molecule has 1 aromatic rings. The molecule has 80 valence electrons. The Balaban J connectivity index is 3.49. The number of halogens is 4. The lowest BCUT2D eigenvalue weighted by Gasteiger charge is -2.04. The first-order valence-electron chi connectivity index (χ1n) is 3.86. The molecule has 1 rings (SSSR count). The number of benzene rings is 1. The van der Waals surface area contributed by atoms with Gasteiger partial charge in [-0.3, -0.25) is 0 Å². The molecule has 0 aliphatic rings. The van der Waals surface area contributed by atoms with Crippen LogP contribution in [0.5, 0.6) is 0 Å². The minimum absolute atomic E-state index is 0.0497. The van der Waals surface area contributed by atoms with Crippen molar-refractivity contribution in [3.63, 3.8) is 0 Å². The summed E-state index contributed by atoms with van der Waals surface area (Å²) < 4.78 is 26.4. The molecule has 0 aromatic heterocycles. The Morgan fingerprint density at radius 2 is 1.81 bits per heavy atom. The molecular weight excluding hydrogens is 346 g/mol. The Hall–Kier alpha value is -1.24. The standard InChI is InChI=1S/C10H2Br2F2N2/c11-7-2-8(13)9(12)10(14)6(7)1-5(3-15)4-16/h1-2H. The van der Waals surface area contributed by atoms with Gasteiger partial charge in [0.15, 0.2) is 0 Å². The first-order chi connectivity index (χ1) is 7.51. The number of hydrogen-bond donors (Lipinski definition) is 0.